The summed E-state index contributed by atoms with van der Waals surface area (Å²) in [5.41, 5.74) is 8.57. The molecule has 3 aromatic carbocycles. The smallest absolute Gasteiger partial charge is 0.0705 e. The van der Waals surface area contributed by atoms with Crippen molar-refractivity contribution >= 4 is 0 Å². The summed E-state index contributed by atoms with van der Waals surface area (Å²) in [7, 11) is 0. The second kappa shape index (κ2) is 8.22. The highest BCUT2D eigenvalue weighted by molar-refractivity contribution is 5.71. The molecule has 1 nitrogen and oxygen atoms in total. The van der Waals surface area contributed by atoms with E-state index in [1.54, 1.807) is 0 Å². The van der Waals surface area contributed by atoms with Crippen molar-refractivity contribution in [3.8, 4) is 22.4 Å². The monoisotopic (exact) mass is 363 g/mol. The van der Waals surface area contributed by atoms with Crippen molar-refractivity contribution in [1.82, 2.24) is 4.98 Å². The molecule has 0 radical (unpaired) electrons. The average molecular weight is 364 g/mol. The van der Waals surface area contributed by atoms with Crippen molar-refractivity contribution in [3.63, 3.8) is 0 Å². The van der Waals surface area contributed by atoms with E-state index in [-0.39, 0.29) is 0 Å². The second-order valence-electron chi connectivity index (χ2n) is 7.53. The van der Waals surface area contributed by atoms with Crippen molar-refractivity contribution in [2.75, 3.05) is 0 Å². The third kappa shape index (κ3) is 4.04. The molecule has 0 bridgehead atoms. The topological polar surface area (TPSA) is 12.9 Å². The Hall–Kier alpha value is -3.19. The Balaban J connectivity index is 1.76. The summed E-state index contributed by atoms with van der Waals surface area (Å²) in [6, 6.07) is 32.2. The van der Waals surface area contributed by atoms with E-state index in [0.29, 0.717) is 5.92 Å². The molecule has 1 heteroatoms. The van der Waals surface area contributed by atoms with Crippen molar-refractivity contribution in [3.05, 3.63) is 114 Å². The van der Waals surface area contributed by atoms with Crippen LogP contribution in [0.3, 0.4) is 0 Å². The van der Waals surface area contributed by atoms with Crippen LogP contribution in [0.2, 0.25) is 0 Å². The van der Waals surface area contributed by atoms with Gasteiger partial charge in [-0.15, -0.1) is 0 Å². The van der Waals surface area contributed by atoms with E-state index in [2.05, 4.69) is 105 Å². The molecule has 0 fully saturated rings. The van der Waals surface area contributed by atoms with E-state index in [1.165, 1.54) is 33.4 Å². The molecule has 0 amide bonds. The predicted molar refractivity (Wildman–Crippen MR) is 118 cm³/mol. The first kappa shape index (κ1) is 18.2. The highest BCUT2D eigenvalue weighted by Gasteiger charge is 2.10. The average Bonchev–Trinajstić information content (AvgIpc) is 2.75. The molecule has 0 spiro atoms. The zero-order chi connectivity index (χ0) is 19.3. The van der Waals surface area contributed by atoms with E-state index in [1.807, 2.05) is 6.20 Å². The van der Waals surface area contributed by atoms with Crippen LogP contribution in [0.1, 0.15) is 36.5 Å². The lowest BCUT2D eigenvalue weighted by atomic mass is 9.94. The van der Waals surface area contributed by atoms with Gasteiger partial charge < -0.3 is 0 Å². The van der Waals surface area contributed by atoms with Crippen LogP contribution in [0.5, 0.6) is 0 Å². The van der Waals surface area contributed by atoms with Gasteiger partial charge in [0.1, 0.15) is 0 Å². The summed E-state index contributed by atoms with van der Waals surface area (Å²) in [6.07, 6.45) is 2.92. The van der Waals surface area contributed by atoms with Crippen LogP contribution in [0, 0.1) is 0 Å². The summed E-state index contributed by atoms with van der Waals surface area (Å²) in [5.74, 6) is 0.538. The Labute approximate surface area is 167 Å². The molecular weight excluding hydrogens is 338 g/mol. The lowest BCUT2D eigenvalue weighted by Gasteiger charge is -2.13. The fourth-order valence-corrected chi connectivity index (χ4v) is 3.53. The summed E-state index contributed by atoms with van der Waals surface area (Å²) < 4.78 is 0. The maximum absolute atomic E-state index is 4.80. The van der Waals surface area contributed by atoms with Gasteiger partial charge in [0.05, 0.1) is 5.69 Å². The SMILES string of the molecule is CC(C)c1ccc(-c2cc(Cc3ccccc3)c(-c3ccccc3)cn2)cc1. The maximum Gasteiger partial charge on any atom is 0.0705 e. The standard InChI is InChI=1S/C27H25N/c1-20(2)22-13-15-24(16-14-22)27-18-25(17-21-9-5-3-6-10-21)26(19-28-27)23-11-7-4-8-12-23/h3-16,18-20H,17H2,1-2H3. The third-order valence-electron chi connectivity index (χ3n) is 5.18. The minimum absolute atomic E-state index is 0.538. The fourth-order valence-electron chi connectivity index (χ4n) is 3.53. The molecule has 0 saturated heterocycles. The van der Waals surface area contributed by atoms with Crippen molar-refractivity contribution in [1.29, 1.82) is 0 Å². The van der Waals surface area contributed by atoms with Gasteiger partial charge in [0.25, 0.3) is 0 Å². The van der Waals surface area contributed by atoms with Crippen molar-refractivity contribution in [2.45, 2.75) is 26.2 Å². The number of pyridine rings is 1. The number of nitrogens with zero attached hydrogens (tertiary/aromatic N) is 1. The molecule has 0 N–H and O–H groups in total. The van der Waals surface area contributed by atoms with Gasteiger partial charge in [0.15, 0.2) is 0 Å². The van der Waals surface area contributed by atoms with Crippen LogP contribution in [-0.4, -0.2) is 4.98 Å². The molecule has 4 rings (SSSR count). The van der Waals surface area contributed by atoms with Crippen molar-refractivity contribution < 1.29 is 0 Å². The van der Waals surface area contributed by atoms with Gasteiger partial charge in [-0.05, 0) is 40.7 Å². The molecule has 0 saturated carbocycles. The minimum Gasteiger partial charge on any atom is -0.256 e. The number of hydrogen-bond donors (Lipinski definition) is 0. The molecule has 0 aliphatic heterocycles. The molecular formula is C27H25N. The summed E-state index contributed by atoms with van der Waals surface area (Å²) in [4.78, 5) is 4.80. The number of rotatable bonds is 5. The predicted octanol–water partition coefficient (Wildman–Crippen LogP) is 7.13. The van der Waals surface area contributed by atoms with Crippen LogP contribution in [0.15, 0.2) is 97.2 Å². The first-order valence-corrected chi connectivity index (χ1v) is 9.89. The molecule has 0 unspecified atom stereocenters. The van der Waals surface area contributed by atoms with Crippen molar-refractivity contribution in [2.24, 2.45) is 0 Å². The molecule has 0 aliphatic rings. The van der Waals surface area contributed by atoms with E-state index in [0.717, 1.165) is 12.1 Å². The Morgan fingerprint density at radius 2 is 1.36 bits per heavy atom. The fraction of sp³-hybridized carbons (Fsp3) is 0.148. The van der Waals surface area contributed by atoms with E-state index in [9.17, 15) is 0 Å². The Morgan fingerprint density at radius 1 is 0.714 bits per heavy atom. The Kier molecular flexibility index (Phi) is 5.34. The highest BCUT2D eigenvalue weighted by atomic mass is 14.7. The summed E-state index contributed by atoms with van der Waals surface area (Å²) in [6.45, 7) is 4.44. The van der Waals surface area contributed by atoms with E-state index < -0.39 is 0 Å². The molecule has 1 aromatic heterocycles. The molecule has 0 aliphatic carbocycles. The van der Waals surface area contributed by atoms with Gasteiger partial charge in [-0.2, -0.15) is 0 Å². The largest absolute Gasteiger partial charge is 0.256 e. The van der Waals surface area contributed by atoms with Gasteiger partial charge in [-0.1, -0.05) is 98.8 Å². The van der Waals surface area contributed by atoms with Gasteiger partial charge >= 0.3 is 0 Å². The van der Waals surface area contributed by atoms with Gasteiger partial charge in [0, 0.05) is 17.3 Å². The van der Waals surface area contributed by atoms with Gasteiger partial charge in [-0.3, -0.25) is 4.98 Å². The summed E-state index contributed by atoms with van der Waals surface area (Å²) in [5, 5.41) is 0. The lowest BCUT2D eigenvalue weighted by molar-refractivity contribution is 0.867. The molecule has 1 heterocycles. The number of benzene rings is 3. The Morgan fingerprint density at radius 3 is 2.00 bits per heavy atom. The van der Waals surface area contributed by atoms with Gasteiger partial charge in [-0.25, -0.2) is 0 Å². The molecule has 4 aromatic rings. The molecule has 0 atom stereocenters. The molecule has 28 heavy (non-hydrogen) atoms. The normalized spacial score (nSPS) is 11.0. The van der Waals surface area contributed by atoms with Gasteiger partial charge in [0.2, 0.25) is 0 Å². The maximum atomic E-state index is 4.80. The molecule has 138 valence electrons. The zero-order valence-electron chi connectivity index (χ0n) is 16.5. The highest BCUT2D eigenvalue weighted by Crippen LogP contribution is 2.29. The first-order chi connectivity index (χ1) is 13.7. The van der Waals surface area contributed by atoms with Crippen LogP contribution < -0.4 is 0 Å². The van der Waals surface area contributed by atoms with Crippen LogP contribution >= 0.6 is 0 Å². The third-order valence-corrected chi connectivity index (χ3v) is 5.18. The summed E-state index contributed by atoms with van der Waals surface area (Å²) >= 11 is 0. The second-order valence-corrected chi connectivity index (χ2v) is 7.53. The minimum atomic E-state index is 0.538. The first-order valence-electron chi connectivity index (χ1n) is 9.89. The quantitative estimate of drug-likeness (QED) is 0.367. The van der Waals surface area contributed by atoms with E-state index >= 15 is 0 Å². The van der Waals surface area contributed by atoms with E-state index in [4.69, 9.17) is 4.98 Å². The lowest BCUT2D eigenvalue weighted by Crippen LogP contribution is -1.96. The van der Waals surface area contributed by atoms with Crippen LogP contribution in [0.4, 0.5) is 0 Å². The Bertz CT molecular complexity index is 1030. The van der Waals surface area contributed by atoms with Crippen LogP contribution in [-0.2, 0) is 6.42 Å². The number of aromatic nitrogens is 1. The zero-order valence-corrected chi connectivity index (χ0v) is 16.5. The number of hydrogen-bond acceptors (Lipinski definition) is 1. The van der Waals surface area contributed by atoms with Crippen LogP contribution in [0.25, 0.3) is 22.4 Å².